The van der Waals surface area contributed by atoms with Gasteiger partial charge >= 0.3 is 18.9 Å². The van der Waals surface area contributed by atoms with Gasteiger partial charge in [-0.2, -0.15) is 12.3 Å². The van der Waals surface area contributed by atoms with E-state index < -0.39 is 0 Å². The molecule has 0 saturated carbocycles. The number of rotatable bonds is 16. The first kappa shape index (κ1) is 29.0. The molecule has 0 fully saturated rings. The third-order valence-electron chi connectivity index (χ3n) is 4.37. The van der Waals surface area contributed by atoms with Crippen molar-refractivity contribution < 1.29 is 18.9 Å². The summed E-state index contributed by atoms with van der Waals surface area (Å²) < 4.78 is 0. The van der Waals surface area contributed by atoms with Crippen LogP contribution in [-0.4, -0.2) is 6.21 Å². The quantitative estimate of drug-likeness (QED) is 0.173. The Morgan fingerprint density at radius 3 is 1.54 bits per heavy atom. The van der Waals surface area contributed by atoms with Crippen molar-refractivity contribution in [2.24, 2.45) is 5.92 Å². The van der Waals surface area contributed by atoms with E-state index in [0.29, 0.717) is 5.92 Å². The average Bonchev–Trinajstić information content (AvgIpc) is 2.58. The van der Waals surface area contributed by atoms with E-state index in [1.165, 1.54) is 96.3 Å². The molecule has 0 aliphatic rings. The fourth-order valence-electron chi connectivity index (χ4n) is 2.69. The summed E-state index contributed by atoms with van der Waals surface area (Å²) in [7, 11) is 0. The normalized spacial score (nSPS) is 11.2. The topological polar surface area (TPSA) is 23.9 Å². The van der Waals surface area contributed by atoms with E-state index in [-0.39, 0.29) is 18.9 Å². The van der Waals surface area contributed by atoms with Gasteiger partial charge in [-0.25, -0.2) is 0 Å². The maximum absolute atomic E-state index is 7.17. The van der Waals surface area contributed by atoms with Crippen LogP contribution in [0.2, 0.25) is 0 Å². The zero-order valence-electron chi connectivity index (χ0n) is 17.6. The van der Waals surface area contributed by atoms with Crippen LogP contribution in [0.3, 0.4) is 0 Å². The molecule has 0 spiro atoms. The van der Waals surface area contributed by atoms with Crippen LogP contribution in [0.15, 0.2) is 0 Å². The first-order valence-electron chi connectivity index (χ1n) is 10.5. The van der Waals surface area contributed by atoms with Crippen molar-refractivity contribution in [3.05, 3.63) is 6.92 Å². The Hall–Kier alpha value is 0.267. The Morgan fingerprint density at radius 1 is 0.667 bits per heavy atom. The SMILES string of the molecule is CCCCCCC([C-]=N)CCCC.[CH2-]CCCCCCCCC.[Li+]. The minimum Gasteiger partial charge on any atom is -0.518 e. The molecule has 1 unspecified atom stereocenters. The predicted octanol–water partition coefficient (Wildman–Crippen LogP) is 5.25. The number of hydrogen-bond donors (Lipinski definition) is 1. The van der Waals surface area contributed by atoms with Gasteiger partial charge < -0.3 is 18.5 Å². The van der Waals surface area contributed by atoms with Crippen LogP contribution in [0, 0.1) is 18.3 Å². The van der Waals surface area contributed by atoms with Crippen molar-refractivity contribution in [2.75, 3.05) is 0 Å². The zero-order valence-corrected chi connectivity index (χ0v) is 17.6. The fraction of sp³-hybridized carbons (Fsp3) is 0.909. The molecule has 1 atom stereocenters. The van der Waals surface area contributed by atoms with E-state index in [2.05, 4.69) is 33.9 Å². The first-order chi connectivity index (χ1) is 11.3. The molecule has 0 aromatic heterocycles. The largest absolute Gasteiger partial charge is 1.00 e. The molecule has 0 aromatic rings. The number of nitrogens with one attached hydrogen (secondary N) is 1. The minimum atomic E-state index is 0. The Labute approximate surface area is 166 Å². The molecule has 0 amide bonds. The van der Waals surface area contributed by atoms with Crippen LogP contribution in [-0.2, 0) is 0 Å². The average molecular weight is 331 g/mol. The Bertz CT molecular complexity index is 198. The summed E-state index contributed by atoms with van der Waals surface area (Å²) in [6.07, 6.45) is 23.7. The summed E-state index contributed by atoms with van der Waals surface area (Å²) >= 11 is 0. The molecule has 0 heterocycles. The van der Waals surface area contributed by atoms with Gasteiger partial charge in [0.1, 0.15) is 0 Å². The van der Waals surface area contributed by atoms with E-state index in [1.807, 2.05) is 0 Å². The third-order valence-corrected chi connectivity index (χ3v) is 4.37. The second-order valence-electron chi connectivity index (χ2n) is 6.81. The Morgan fingerprint density at radius 2 is 1.08 bits per heavy atom. The standard InChI is InChI=1S/C12H24N.C10H21.Li/c1-3-5-7-8-10-12(11-13)9-6-4-2;1-3-5-7-9-10-8-6-4-2;/h12-13H,3-10H2,1-2H3;1,3-10H2,2H3;/q2*-1;+1. The molecule has 140 valence electrons. The molecule has 1 N–H and O–H groups in total. The molecule has 2 heteroatoms. The molecule has 0 saturated heterocycles. The van der Waals surface area contributed by atoms with Crippen molar-refractivity contribution in [1.82, 2.24) is 0 Å². The maximum Gasteiger partial charge on any atom is 1.00 e. The molecule has 0 radical (unpaired) electrons. The van der Waals surface area contributed by atoms with Crippen LogP contribution >= 0.6 is 0 Å². The van der Waals surface area contributed by atoms with Gasteiger partial charge in [0.15, 0.2) is 0 Å². The van der Waals surface area contributed by atoms with Crippen molar-refractivity contribution in [3.63, 3.8) is 0 Å². The minimum absolute atomic E-state index is 0. The molecular formula is C22H45LiN-. The fourth-order valence-corrected chi connectivity index (χ4v) is 2.69. The summed E-state index contributed by atoms with van der Waals surface area (Å²) in [6, 6.07) is 0. The van der Waals surface area contributed by atoms with Crippen LogP contribution < -0.4 is 18.9 Å². The van der Waals surface area contributed by atoms with Gasteiger partial charge in [0.25, 0.3) is 0 Å². The monoisotopic (exact) mass is 330 g/mol. The zero-order chi connectivity index (χ0) is 17.6. The van der Waals surface area contributed by atoms with E-state index in [9.17, 15) is 0 Å². The summed E-state index contributed by atoms with van der Waals surface area (Å²) in [4.78, 5) is 0. The van der Waals surface area contributed by atoms with Gasteiger partial charge in [-0.05, 0) is 0 Å². The summed E-state index contributed by atoms with van der Waals surface area (Å²) in [6.45, 7) is 10.5. The van der Waals surface area contributed by atoms with Gasteiger partial charge in [0, 0.05) is 0 Å². The van der Waals surface area contributed by atoms with Gasteiger partial charge in [0.2, 0.25) is 0 Å². The molecule has 1 nitrogen and oxygen atoms in total. The van der Waals surface area contributed by atoms with Gasteiger partial charge in [0.05, 0.1) is 0 Å². The van der Waals surface area contributed by atoms with Crippen LogP contribution in [0.5, 0.6) is 0 Å². The second-order valence-corrected chi connectivity index (χ2v) is 6.81. The van der Waals surface area contributed by atoms with Crippen molar-refractivity contribution >= 4 is 6.21 Å². The van der Waals surface area contributed by atoms with Crippen LogP contribution in [0.1, 0.15) is 124 Å². The Balaban J connectivity index is -0.000000364. The van der Waals surface area contributed by atoms with E-state index in [0.717, 1.165) is 6.42 Å². The van der Waals surface area contributed by atoms with Crippen LogP contribution in [0.4, 0.5) is 0 Å². The van der Waals surface area contributed by atoms with Crippen molar-refractivity contribution in [2.45, 2.75) is 124 Å². The molecule has 0 bridgehead atoms. The van der Waals surface area contributed by atoms with Gasteiger partial charge in [-0.1, -0.05) is 117 Å². The molecule has 0 aliphatic carbocycles. The van der Waals surface area contributed by atoms with Crippen molar-refractivity contribution in [1.29, 1.82) is 5.41 Å². The molecular weight excluding hydrogens is 285 g/mol. The summed E-state index contributed by atoms with van der Waals surface area (Å²) in [5.74, 6) is 0.441. The first-order valence-corrected chi connectivity index (χ1v) is 10.5. The van der Waals surface area contributed by atoms with Crippen LogP contribution in [0.25, 0.3) is 0 Å². The van der Waals surface area contributed by atoms with Gasteiger partial charge in [-0.3, -0.25) is 0 Å². The predicted molar refractivity (Wildman–Crippen MR) is 107 cm³/mol. The van der Waals surface area contributed by atoms with E-state index in [4.69, 9.17) is 5.41 Å². The molecule has 0 aromatic carbocycles. The Kier molecular flexibility index (Phi) is 34.0. The van der Waals surface area contributed by atoms with E-state index >= 15 is 0 Å². The molecule has 0 aliphatic heterocycles. The molecule has 0 rings (SSSR count). The smallest absolute Gasteiger partial charge is 0.518 e. The third kappa shape index (κ3) is 27.1. The summed E-state index contributed by atoms with van der Waals surface area (Å²) in [5.41, 5.74) is 0. The summed E-state index contributed by atoms with van der Waals surface area (Å²) in [5, 5.41) is 7.17. The van der Waals surface area contributed by atoms with Gasteiger partial charge in [-0.15, -0.1) is 0 Å². The number of hydrogen-bond acceptors (Lipinski definition) is 1. The number of unbranched alkanes of at least 4 members (excludes halogenated alkanes) is 11. The van der Waals surface area contributed by atoms with E-state index in [1.54, 1.807) is 0 Å². The molecule has 24 heavy (non-hydrogen) atoms. The second kappa shape index (κ2) is 28.1. The van der Waals surface area contributed by atoms with Crippen molar-refractivity contribution in [3.8, 4) is 0 Å². The maximum atomic E-state index is 7.17.